The topological polar surface area (TPSA) is 49.4 Å². The Kier molecular flexibility index (Phi) is 2.58. The molecule has 0 bridgehead atoms. The average Bonchev–Trinajstić information content (AvgIpc) is 2.65. The molecule has 1 aromatic rings. The molecule has 94 valence electrons. The molecule has 1 N–H and O–H groups in total. The van der Waals surface area contributed by atoms with Gasteiger partial charge in [-0.05, 0) is 44.4 Å². The lowest BCUT2D eigenvalue weighted by atomic mass is 10.0. The maximum atomic E-state index is 11.5. The van der Waals surface area contributed by atoms with E-state index in [1.165, 1.54) is 19.3 Å². The summed E-state index contributed by atoms with van der Waals surface area (Å²) in [6, 6.07) is 6.13. The van der Waals surface area contributed by atoms with Crippen molar-refractivity contribution in [2.45, 2.75) is 32.2 Å². The number of amides is 1. The predicted octanol–water partition coefficient (Wildman–Crippen LogP) is 2.20. The maximum absolute atomic E-state index is 11.5. The van der Waals surface area contributed by atoms with Crippen molar-refractivity contribution in [3.63, 3.8) is 0 Å². The summed E-state index contributed by atoms with van der Waals surface area (Å²) in [4.78, 5) is 25.2. The van der Waals surface area contributed by atoms with Gasteiger partial charge in [0.15, 0.2) is 0 Å². The van der Waals surface area contributed by atoms with Crippen LogP contribution in [0.3, 0.4) is 0 Å². The van der Waals surface area contributed by atoms with E-state index in [-0.39, 0.29) is 0 Å². The fraction of sp³-hybridized carbons (Fsp3) is 0.429. The van der Waals surface area contributed by atoms with Crippen molar-refractivity contribution in [2.24, 2.45) is 0 Å². The third-order valence-electron chi connectivity index (χ3n) is 3.84. The standard InChI is InChI=1S/C14H16N2O2/c1-9-4-2-3-7-16(9)10-5-6-11-12(8-10)15-14(18)13(11)17/h5-6,8-9H,2-4,7H2,1H3,(H,15,17,18). The summed E-state index contributed by atoms with van der Waals surface area (Å²) in [6.45, 7) is 3.26. The number of nitrogens with one attached hydrogen (secondary N) is 1. The first-order valence-corrected chi connectivity index (χ1v) is 6.43. The zero-order valence-electron chi connectivity index (χ0n) is 10.4. The number of fused-ring (bicyclic) bond motifs is 1. The van der Waals surface area contributed by atoms with Crippen molar-refractivity contribution in [3.8, 4) is 0 Å². The van der Waals surface area contributed by atoms with Gasteiger partial charge in [-0.3, -0.25) is 9.59 Å². The van der Waals surface area contributed by atoms with Crippen molar-refractivity contribution in [1.82, 2.24) is 0 Å². The largest absolute Gasteiger partial charge is 0.369 e. The van der Waals surface area contributed by atoms with Gasteiger partial charge in [0.25, 0.3) is 11.7 Å². The minimum Gasteiger partial charge on any atom is -0.369 e. The van der Waals surface area contributed by atoms with E-state index < -0.39 is 11.7 Å². The number of carbonyl (C=O) groups is 2. The molecule has 2 heterocycles. The average molecular weight is 244 g/mol. The van der Waals surface area contributed by atoms with Crippen molar-refractivity contribution < 1.29 is 9.59 Å². The highest BCUT2D eigenvalue weighted by Gasteiger charge is 2.29. The van der Waals surface area contributed by atoms with Crippen LogP contribution in [-0.2, 0) is 4.79 Å². The second-order valence-electron chi connectivity index (χ2n) is 5.05. The lowest BCUT2D eigenvalue weighted by Gasteiger charge is -2.35. The van der Waals surface area contributed by atoms with Gasteiger partial charge in [0, 0.05) is 18.3 Å². The van der Waals surface area contributed by atoms with Crippen LogP contribution in [0.25, 0.3) is 0 Å². The summed E-state index contributed by atoms with van der Waals surface area (Å²) in [5.74, 6) is -0.947. The second-order valence-corrected chi connectivity index (χ2v) is 5.05. The fourth-order valence-electron chi connectivity index (χ4n) is 2.80. The predicted molar refractivity (Wildman–Crippen MR) is 70.1 cm³/mol. The molecule has 2 aliphatic rings. The van der Waals surface area contributed by atoms with Gasteiger partial charge in [0.2, 0.25) is 0 Å². The molecule has 1 amide bonds. The Bertz CT molecular complexity index is 525. The molecule has 1 fully saturated rings. The lowest BCUT2D eigenvalue weighted by Crippen LogP contribution is -2.37. The molecule has 0 spiro atoms. The Morgan fingerprint density at radius 2 is 2.11 bits per heavy atom. The van der Waals surface area contributed by atoms with E-state index in [4.69, 9.17) is 0 Å². The summed E-state index contributed by atoms with van der Waals surface area (Å²) in [5, 5.41) is 2.63. The fourth-order valence-corrected chi connectivity index (χ4v) is 2.80. The van der Waals surface area contributed by atoms with Gasteiger partial charge >= 0.3 is 0 Å². The van der Waals surface area contributed by atoms with E-state index in [1.54, 1.807) is 6.07 Å². The summed E-state index contributed by atoms with van der Waals surface area (Å²) >= 11 is 0. The lowest BCUT2D eigenvalue weighted by molar-refractivity contribution is -0.112. The number of nitrogens with zero attached hydrogens (tertiary/aromatic N) is 1. The maximum Gasteiger partial charge on any atom is 0.296 e. The van der Waals surface area contributed by atoms with Gasteiger partial charge in [-0.1, -0.05) is 0 Å². The van der Waals surface area contributed by atoms with E-state index in [2.05, 4.69) is 17.1 Å². The van der Waals surface area contributed by atoms with Crippen molar-refractivity contribution >= 4 is 23.1 Å². The van der Waals surface area contributed by atoms with Gasteiger partial charge in [0.1, 0.15) is 0 Å². The molecular weight excluding hydrogens is 228 g/mol. The van der Waals surface area contributed by atoms with Gasteiger partial charge in [-0.2, -0.15) is 0 Å². The summed E-state index contributed by atoms with van der Waals surface area (Å²) in [6.07, 6.45) is 3.67. The van der Waals surface area contributed by atoms with Crippen molar-refractivity contribution in [2.75, 3.05) is 16.8 Å². The molecule has 1 aromatic carbocycles. The number of hydrogen-bond donors (Lipinski definition) is 1. The monoisotopic (exact) mass is 244 g/mol. The number of ketones is 1. The number of benzene rings is 1. The number of piperidine rings is 1. The molecule has 2 aliphatic heterocycles. The summed E-state index contributed by atoms with van der Waals surface area (Å²) in [7, 11) is 0. The first-order chi connectivity index (χ1) is 8.66. The second kappa shape index (κ2) is 4.12. The molecule has 0 saturated carbocycles. The summed E-state index contributed by atoms with van der Waals surface area (Å²) in [5.41, 5.74) is 2.24. The molecule has 3 rings (SSSR count). The SMILES string of the molecule is CC1CCCCN1c1ccc2c(c1)NC(=O)C2=O. The van der Waals surface area contributed by atoms with Crippen LogP contribution >= 0.6 is 0 Å². The Balaban J connectivity index is 1.94. The van der Waals surface area contributed by atoms with E-state index in [1.807, 2.05) is 12.1 Å². The number of rotatable bonds is 1. The molecule has 1 unspecified atom stereocenters. The molecule has 4 heteroatoms. The van der Waals surface area contributed by atoms with E-state index in [0.29, 0.717) is 17.3 Å². The molecule has 18 heavy (non-hydrogen) atoms. The van der Waals surface area contributed by atoms with Crippen LogP contribution < -0.4 is 10.2 Å². The molecule has 1 saturated heterocycles. The van der Waals surface area contributed by atoms with Crippen LogP contribution in [0, 0.1) is 0 Å². The molecule has 4 nitrogen and oxygen atoms in total. The van der Waals surface area contributed by atoms with E-state index >= 15 is 0 Å². The zero-order valence-corrected chi connectivity index (χ0v) is 10.4. The van der Waals surface area contributed by atoms with E-state index in [0.717, 1.165) is 12.2 Å². The van der Waals surface area contributed by atoms with Crippen LogP contribution in [0.15, 0.2) is 18.2 Å². The molecular formula is C14H16N2O2. The van der Waals surface area contributed by atoms with Crippen LogP contribution in [0.2, 0.25) is 0 Å². The number of carbonyl (C=O) groups excluding carboxylic acids is 2. The van der Waals surface area contributed by atoms with E-state index in [9.17, 15) is 9.59 Å². The first kappa shape index (κ1) is 11.3. The van der Waals surface area contributed by atoms with Gasteiger partial charge < -0.3 is 10.2 Å². The highest BCUT2D eigenvalue weighted by atomic mass is 16.2. The third-order valence-corrected chi connectivity index (χ3v) is 3.84. The smallest absolute Gasteiger partial charge is 0.296 e. The Hall–Kier alpha value is -1.84. The normalized spacial score (nSPS) is 22.9. The number of anilines is 2. The van der Waals surface area contributed by atoms with Gasteiger partial charge in [-0.15, -0.1) is 0 Å². The molecule has 0 aromatic heterocycles. The Labute approximate surface area is 106 Å². The number of Topliss-reactive ketones (excluding diaryl/α,β-unsaturated/α-hetero) is 1. The van der Waals surface area contributed by atoms with Crippen LogP contribution in [0.5, 0.6) is 0 Å². The minimum atomic E-state index is -0.520. The van der Waals surface area contributed by atoms with Crippen LogP contribution in [0.1, 0.15) is 36.5 Å². The highest BCUT2D eigenvalue weighted by Crippen LogP contribution is 2.31. The van der Waals surface area contributed by atoms with Crippen molar-refractivity contribution in [1.29, 1.82) is 0 Å². The van der Waals surface area contributed by atoms with Crippen LogP contribution in [-0.4, -0.2) is 24.3 Å². The zero-order chi connectivity index (χ0) is 12.7. The number of hydrogen-bond acceptors (Lipinski definition) is 3. The molecule has 0 radical (unpaired) electrons. The van der Waals surface area contributed by atoms with Crippen molar-refractivity contribution in [3.05, 3.63) is 23.8 Å². The molecule has 0 aliphatic carbocycles. The Morgan fingerprint density at radius 1 is 1.28 bits per heavy atom. The Morgan fingerprint density at radius 3 is 2.89 bits per heavy atom. The van der Waals surface area contributed by atoms with Crippen LogP contribution in [0.4, 0.5) is 11.4 Å². The molecule has 1 atom stereocenters. The quantitative estimate of drug-likeness (QED) is 0.770. The first-order valence-electron chi connectivity index (χ1n) is 6.43. The van der Waals surface area contributed by atoms with Gasteiger partial charge in [-0.25, -0.2) is 0 Å². The third kappa shape index (κ3) is 1.68. The minimum absolute atomic E-state index is 0.428. The summed E-state index contributed by atoms with van der Waals surface area (Å²) < 4.78 is 0. The van der Waals surface area contributed by atoms with Gasteiger partial charge in [0.05, 0.1) is 11.3 Å². The highest BCUT2D eigenvalue weighted by molar-refractivity contribution is 6.51.